The number of hydrogen-bond acceptors (Lipinski definition) is 3. The number of rotatable bonds is 5. The van der Waals surface area contributed by atoms with E-state index in [9.17, 15) is 4.79 Å². The standard InChI is InChI=1S/C16H24N2O2/c1-13-3-5-14(6-4-13)7-8-16(19)17-11-15-12-18(2)9-10-20-15/h3-6,15H,7-12H2,1-2H3,(H,17,19). The van der Waals surface area contributed by atoms with Crippen molar-refractivity contribution >= 4 is 5.91 Å². The molecule has 4 nitrogen and oxygen atoms in total. The molecule has 1 saturated heterocycles. The molecular weight excluding hydrogens is 252 g/mol. The van der Waals surface area contributed by atoms with Crippen molar-refractivity contribution in [1.82, 2.24) is 10.2 Å². The molecule has 0 aliphatic carbocycles. The minimum Gasteiger partial charge on any atom is -0.374 e. The number of hydrogen-bond donors (Lipinski definition) is 1. The predicted octanol–water partition coefficient (Wildman–Crippen LogP) is 1.37. The number of ether oxygens (including phenoxy) is 1. The Hall–Kier alpha value is -1.39. The Balaban J connectivity index is 1.66. The fraction of sp³-hybridized carbons (Fsp3) is 0.562. The summed E-state index contributed by atoms with van der Waals surface area (Å²) in [6, 6.07) is 8.33. The highest BCUT2D eigenvalue weighted by atomic mass is 16.5. The van der Waals surface area contributed by atoms with Crippen LogP contribution in [0.15, 0.2) is 24.3 Å². The minimum atomic E-state index is 0.0994. The Labute approximate surface area is 121 Å². The maximum absolute atomic E-state index is 11.8. The molecule has 1 amide bonds. The van der Waals surface area contributed by atoms with Crippen LogP contribution in [0.4, 0.5) is 0 Å². The van der Waals surface area contributed by atoms with Gasteiger partial charge < -0.3 is 15.0 Å². The second-order valence-corrected chi connectivity index (χ2v) is 5.54. The Bertz CT molecular complexity index is 431. The monoisotopic (exact) mass is 276 g/mol. The van der Waals surface area contributed by atoms with Gasteiger partial charge in [-0.3, -0.25) is 4.79 Å². The van der Waals surface area contributed by atoms with E-state index < -0.39 is 0 Å². The van der Waals surface area contributed by atoms with E-state index in [0.29, 0.717) is 13.0 Å². The van der Waals surface area contributed by atoms with Gasteiger partial charge in [0.25, 0.3) is 0 Å². The van der Waals surface area contributed by atoms with Crippen LogP contribution in [0.2, 0.25) is 0 Å². The summed E-state index contributed by atoms with van der Waals surface area (Å²) in [5.74, 6) is 0.0994. The van der Waals surface area contributed by atoms with Crippen molar-refractivity contribution in [2.75, 3.05) is 33.3 Å². The quantitative estimate of drug-likeness (QED) is 0.883. The summed E-state index contributed by atoms with van der Waals surface area (Å²) in [6.07, 6.45) is 1.44. The molecular formula is C16H24N2O2. The molecule has 0 spiro atoms. The van der Waals surface area contributed by atoms with Gasteiger partial charge in [-0.05, 0) is 26.0 Å². The zero-order valence-electron chi connectivity index (χ0n) is 12.4. The van der Waals surface area contributed by atoms with E-state index in [4.69, 9.17) is 4.74 Å². The van der Waals surface area contributed by atoms with Crippen molar-refractivity contribution in [3.8, 4) is 0 Å². The molecule has 2 rings (SSSR count). The summed E-state index contributed by atoms with van der Waals surface area (Å²) in [5.41, 5.74) is 2.45. The number of morpholine rings is 1. The van der Waals surface area contributed by atoms with E-state index in [-0.39, 0.29) is 12.0 Å². The molecule has 0 radical (unpaired) electrons. The first-order valence-electron chi connectivity index (χ1n) is 7.26. The first-order chi connectivity index (χ1) is 9.63. The maximum Gasteiger partial charge on any atom is 0.220 e. The van der Waals surface area contributed by atoms with Crippen molar-refractivity contribution in [2.45, 2.75) is 25.9 Å². The molecule has 0 bridgehead atoms. The first kappa shape index (κ1) is 15.0. The molecule has 1 aliphatic heterocycles. The van der Waals surface area contributed by atoms with Gasteiger partial charge >= 0.3 is 0 Å². The lowest BCUT2D eigenvalue weighted by Gasteiger charge is -2.30. The Morgan fingerprint density at radius 1 is 1.40 bits per heavy atom. The number of amides is 1. The van der Waals surface area contributed by atoms with Gasteiger partial charge in [-0.1, -0.05) is 29.8 Å². The third-order valence-corrected chi connectivity index (χ3v) is 3.63. The Morgan fingerprint density at radius 2 is 2.15 bits per heavy atom. The van der Waals surface area contributed by atoms with Gasteiger partial charge in [-0.25, -0.2) is 0 Å². The summed E-state index contributed by atoms with van der Waals surface area (Å²) >= 11 is 0. The summed E-state index contributed by atoms with van der Waals surface area (Å²) in [4.78, 5) is 14.1. The highest BCUT2D eigenvalue weighted by Gasteiger charge is 2.17. The topological polar surface area (TPSA) is 41.6 Å². The van der Waals surface area contributed by atoms with Crippen LogP contribution in [0.5, 0.6) is 0 Å². The zero-order valence-corrected chi connectivity index (χ0v) is 12.4. The molecule has 1 heterocycles. The molecule has 0 saturated carbocycles. The Kier molecular flexibility index (Phi) is 5.56. The molecule has 1 N–H and O–H groups in total. The van der Waals surface area contributed by atoms with Crippen molar-refractivity contribution in [3.05, 3.63) is 35.4 Å². The van der Waals surface area contributed by atoms with Crippen LogP contribution in [0, 0.1) is 6.92 Å². The van der Waals surface area contributed by atoms with Crippen LogP contribution in [0.1, 0.15) is 17.5 Å². The number of carbonyl (C=O) groups excluding carboxylic acids is 1. The molecule has 1 aromatic carbocycles. The average molecular weight is 276 g/mol. The van der Waals surface area contributed by atoms with Gasteiger partial charge in [-0.2, -0.15) is 0 Å². The summed E-state index contributed by atoms with van der Waals surface area (Å²) in [6.45, 7) is 5.28. The highest BCUT2D eigenvalue weighted by Crippen LogP contribution is 2.06. The highest BCUT2D eigenvalue weighted by molar-refractivity contribution is 5.76. The molecule has 0 aromatic heterocycles. The van der Waals surface area contributed by atoms with Crippen molar-refractivity contribution in [1.29, 1.82) is 0 Å². The fourth-order valence-electron chi connectivity index (χ4n) is 2.32. The van der Waals surface area contributed by atoms with Crippen molar-refractivity contribution < 1.29 is 9.53 Å². The normalized spacial score (nSPS) is 19.8. The second-order valence-electron chi connectivity index (χ2n) is 5.54. The summed E-state index contributed by atoms with van der Waals surface area (Å²) in [7, 11) is 2.08. The second kappa shape index (κ2) is 7.41. The molecule has 1 unspecified atom stereocenters. The molecule has 1 atom stereocenters. The van der Waals surface area contributed by atoms with Gasteiger partial charge in [0.2, 0.25) is 5.91 Å². The minimum absolute atomic E-state index is 0.0994. The fourth-order valence-corrected chi connectivity index (χ4v) is 2.32. The van der Waals surface area contributed by atoms with Crippen LogP contribution in [0.25, 0.3) is 0 Å². The van der Waals surface area contributed by atoms with Gasteiger partial charge in [0, 0.05) is 26.1 Å². The number of likely N-dealkylation sites (N-methyl/N-ethyl adjacent to an activating group) is 1. The van der Waals surface area contributed by atoms with E-state index in [0.717, 1.165) is 26.1 Å². The van der Waals surface area contributed by atoms with Crippen molar-refractivity contribution in [2.24, 2.45) is 0 Å². The summed E-state index contributed by atoms with van der Waals surface area (Å²) in [5, 5.41) is 2.96. The zero-order chi connectivity index (χ0) is 14.4. The van der Waals surface area contributed by atoms with E-state index in [2.05, 4.69) is 48.5 Å². The first-order valence-corrected chi connectivity index (χ1v) is 7.26. The summed E-state index contributed by atoms with van der Waals surface area (Å²) < 4.78 is 5.62. The molecule has 1 aromatic rings. The van der Waals surface area contributed by atoms with Gasteiger partial charge in [0.05, 0.1) is 12.7 Å². The van der Waals surface area contributed by atoms with Gasteiger partial charge in [0.15, 0.2) is 0 Å². The molecule has 1 fully saturated rings. The third kappa shape index (κ3) is 4.94. The SMILES string of the molecule is Cc1ccc(CCC(=O)NCC2CN(C)CCO2)cc1. The molecule has 110 valence electrons. The van der Waals surface area contributed by atoms with Gasteiger partial charge in [-0.15, -0.1) is 0 Å². The number of nitrogens with zero attached hydrogens (tertiary/aromatic N) is 1. The smallest absolute Gasteiger partial charge is 0.220 e. The van der Waals surface area contributed by atoms with Crippen molar-refractivity contribution in [3.63, 3.8) is 0 Å². The van der Waals surface area contributed by atoms with E-state index in [1.54, 1.807) is 0 Å². The van der Waals surface area contributed by atoms with E-state index in [1.165, 1.54) is 11.1 Å². The number of benzene rings is 1. The predicted molar refractivity (Wildman–Crippen MR) is 79.7 cm³/mol. The molecule has 1 aliphatic rings. The van der Waals surface area contributed by atoms with E-state index >= 15 is 0 Å². The van der Waals surface area contributed by atoms with Crippen LogP contribution >= 0.6 is 0 Å². The lowest BCUT2D eigenvalue weighted by atomic mass is 10.1. The largest absolute Gasteiger partial charge is 0.374 e. The van der Waals surface area contributed by atoms with E-state index in [1.807, 2.05) is 0 Å². The number of nitrogens with one attached hydrogen (secondary N) is 1. The lowest BCUT2D eigenvalue weighted by molar-refractivity contribution is -0.122. The van der Waals surface area contributed by atoms with Crippen LogP contribution in [0.3, 0.4) is 0 Å². The van der Waals surface area contributed by atoms with Crippen LogP contribution < -0.4 is 5.32 Å². The third-order valence-electron chi connectivity index (χ3n) is 3.63. The van der Waals surface area contributed by atoms with Gasteiger partial charge in [0.1, 0.15) is 0 Å². The number of aryl methyl sites for hydroxylation is 2. The maximum atomic E-state index is 11.8. The Morgan fingerprint density at radius 3 is 2.85 bits per heavy atom. The molecule has 20 heavy (non-hydrogen) atoms. The van der Waals surface area contributed by atoms with Crippen LogP contribution in [-0.4, -0.2) is 50.2 Å². The number of carbonyl (C=O) groups is 1. The lowest BCUT2D eigenvalue weighted by Crippen LogP contribution is -2.45. The molecule has 4 heteroatoms. The average Bonchev–Trinajstić information content (AvgIpc) is 2.45. The van der Waals surface area contributed by atoms with Crippen LogP contribution in [-0.2, 0) is 16.0 Å².